The summed E-state index contributed by atoms with van der Waals surface area (Å²) >= 11 is 3.19. The van der Waals surface area contributed by atoms with Crippen molar-refractivity contribution < 1.29 is 14.7 Å². The van der Waals surface area contributed by atoms with Crippen molar-refractivity contribution in [1.29, 1.82) is 0 Å². The number of anilines is 1. The topological polar surface area (TPSA) is 90.5 Å². The number of amides is 2. The van der Waals surface area contributed by atoms with E-state index >= 15 is 0 Å². The van der Waals surface area contributed by atoms with E-state index in [1.54, 1.807) is 12.1 Å². The highest BCUT2D eigenvalue weighted by atomic mass is 79.9. The second-order valence-electron chi connectivity index (χ2n) is 3.83. The third kappa shape index (κ3) is 5.27. The van der Waals surface area contributed by atoms with Crippen molar-refractivity contribution in [2.75, 3.05) is 25.5 Å². The van der Waals surface area contributed by atoms with E-state index in [1.807, 2.05) is 7.05 Å². The van der Waals surface area contributed by atoms with E-state index in [4.69, 9.17) is 5.11 Å². The van der Waals surface area contributed by atoms with Crippen molar-refractivity contribution in [1.82, 2.24) is 10.6 Å². The highest BCUT2D eigenvalue weighted by Crippen LogP contribution is 2.21. The molecule has 0 aromatic heterocycles. The molecule has 0 atom stereocenters. The summed E-state index contributed by atoms with van der Waals surface area (Å²) in [6, 6.07) is 4.24. The number of aromatic carboxylic acids is 1. The molecule has 1 aromatic carbocycles. The number of carboxylic acid groups (broad SMARTS) is 1. The van der Waals surface area contributed by atoms with Crippen LogP contribution in [0.1, 0.15) is 16.8 Å². The van der Waals surface area contributed by atoms with Crippen LogP contribution in [0.25, 0.3) is 0 Å². The minimum Gasteiger partial charge on any atom is -0.478 e. The standard InChI is InChI=1S/C12H16BrN3O3/c1-14-5-2-6-15-12(19)16-10-4-3-8(13)7-9(10)11(17)18/h3-4,7,14H,2,5-6H2,1H3,(H,17,18)(H2,15,16,19). The van der Waals surface area contributed by atoms with Gasteiger partial charge in [-0.25, -0.2) is 9.59 Å². The van der Waals surface area contributed by atoms with Gasteiger partial charge in [0.2, 0.25) is 0 Å². The van der Waals surface area contributed by atoms with Crippen molar-refractivity contribution in [3.8, 4) is 0 Å². The van der Waals surface area contributed by atoms with Crippen LogP contribution in [0.5, 0.6) is 0 Å². The molecule has 104 valence electrons. The first-order valence-electron chi connectivity index (χ1n) is 5.77. The summed E-state index contributed by atoms with van der Waals surface area (Å²) in [5.41, 5.74) is 0.307. The molecule has 2 amide bonds. The monoisotopic (exact) mass is 329 g/mol. The number of carboxylic acids is 1. The Hall–Kier alpha value is -1.60. The quantitative estimate of drug-likeness (QED) is 0.600. The van der Waals surface area contributed by atoms with Crippen LogP contribution >= 0.6 is 15.9 Å². The van der Waals surface area contributed by atoms with Gasteiger partial charge in [0.15, 0.2) is 0 Å². The van der Waals surface area contributed by atoms with Gasteiger partial charge in [-0.3, -0.25) is 0 Å². The number of urea groups is 1. The van der Waals surface area contributed by atoms with Gasteiger partial charge in [0.1, 0.15) is 0 Å². The molecule has 0 spiro atoms. The van der Waals surface area contributed by atoms with Crippen molar-refractivity contribution in [2.24, 2.45) is 0 Å². The number of hydrogen-bond donors (Lipinski definition) is 4. The van der Waals surface area contributed by atoms with Crippen LogP contribution in [0.15, 0.2) is 22.7 Å². The number of carbonyl (C=O) groups is 2. The zero-order chi connectivity index (χ0) is 14.3. The number of nitrogens with one attached hydrogen (secondary N) is 3. The van der Waals surface area contributed by atoms with E-state index in [0.29, 0.717) is 11.0 Å². The number of rotatable bonds is 6. The summed E-state index contributed by atoms with van der Waals surface area (Å²) in [5, 5.41) is 17.2. The maximum atomic E-state index is 11.6. The molecule has 0 aliphatic carbocycles. The van der Waals surface area contributed by atoms with Crippen LogP contribution in [-0.4, -0.2) is 37.2 Å². The van der Waals surface area contributed by atoms with E-state index in [2.05, 4.69) is 31.9 Å². The number of benzene rings is 1. The van der Waals surface area contributed by atoms with Gasteiger partial charge >= 0.3 is 12.0 Å². The second-order valence-corrected chi connectivity index (χ2v) is 4.75. The Morgan fingerprint density at radius 2 is 2.05 bits per heavy atom. The molecule has 0 fully saturated rings. The first-order valence-corrected chi connectivity index (χ1v) is 6.56. The smallest absolute Gasteiger partial charge is 0.337 e. The van der Waals surface area contributed by atoms with Gasteiger partial charge in [0.05, 0.1) is 11.3 Å². The molecule has 6 nitrogen and oxygen atoms in total. The lowest BCUT2D eigenvalue weighted by Crippen LogP contribution is -2.31. The van der Waals surface area contributed by atoms with Gasteiger partial charge in [-0.2, -0.15) is 0 Å². The Bertz CT molecular complexity index is 466. The van der Waals surface area contributed by atoms with Crippen LogP contribution < -0.4 is 16.0 Å². The van der Waals surface area contributed by atoms with Crippen molar-refractivity contribution in [3.63, 3.8) is 0 Å². The average molecular weight is 330 g/mol. The maximum Gasteiger partial charge on any atom is 0.337 e. The zero-order valence-electron chi connectivity index (χ0n) is 10.5. The normalized spacial score (nSPS) is 10.0. The van der Waals surface area contributed by atoms with E-state index in [1.165, 1.54) is 6.07 Å². The first kappa shape index (κ1) is 15.5. The van der Waals surface area contributed by atoms with Crippen LogP contribution in [0.2, 0.25) is 0 Å². The Morgan fingerprint density at radius 1 is 1.32 bits per heavy atom. The maximum absolute atomic E-state index is 11.6. The largest absolute Gasteiger partial charge is 0.478 e. The summed E-state index contributed by atoms with van der Waals surface area (Å²) in [5.74, 6) is -1.09. The number of halogens is 1. The summed E-state index contributed by atoms with van der Waals surface area (Å²) in [6.07, 6.45) is 0.802. The Morgan fingerprint density at radius 3 is 2.68 bits per heavy atom. The van der Waals surface area contributed by atoms with Crippen molar-refractivity contribution in [2.45, 2.75) is 6.42 Å². The first-order chi connectivity index (χ1) is 9.04. The van der Waals surface area contributed by atoms with E-state index in [0.717, 1.165) is 13.0 Å². The Balaban J connectivity index is 2.61. The molecule has 0 saturated heterocycles. The van der Waals surface area contributed by atoms with Crippen LogP contribution in [0, 0.1) is 0 Å². The summed E-state index contributed by atoms with van der Waals surface area (Å²) < 4.78 is 0.643. The molecule has 0 unspecified atom stereocenters. The van der Waals surface area contributed by atoms with E-state index in [9.17, 15) is 9.59 Å². The molecule has 0 heterocycles. The summed E-state index contributed by atoms with van der Waals surface area (Å²) in [7, 11) is 1.83. The molecule has 0 radical (unpaired) electrons. The van der Waals surface area contributed by atoms with Gasteiger partial charge < -0.3 is 21.1 Å². The van der Waals surface area contributed by atoms with Gasteiger partial charge in [-0.15, -0.1) is 0 Å². The SMILES string of the molecule is CNCCCNC(=O)Nc1ccc(Br)cc1C(=O)O. The molecule has 0 aliphatic heterocycles. The zero-order valence-corrected chi connectivity index (χ0v) is 12.1. The molecule has 0 bridgehead atoms. The fourth-order valence-corrected chi connectivity index (χ4v) is 1.80. The third-order valence-corrected chi connectivity index (χ3v) is 2.84. The fraction of sp³-hybridized carbons (Fsp3) is 0.333. The molecule has 0 saturated carbocycles. The Labute approximate surface area is 119 Å². The average Bonchev–Trinajstić information content (AvgIpc) is 2.36. The van der Waals surface area contributed by atoms with Crippen molar-refractivity contribution >= 4 is 33.6 Å². The number of hydrogen-bond acceptors (Lipinski definition) is 3. The number of carbonyl (C=O) groups excluding carboxylic acids is 1. The van der Waals surface area contributed by atoms with Gasteiger partial charge in [0, 0.05) is 11.0 Å². The second kappa shape index (κ2) is 7.75. The molecule has 1 rings (SSSR count). The third-order valence-electron chi connectivity index (χ3n) is 2.35. The molecule has 1 aromatic rings. The van der Waals surface area contributed by atoms with Crippen molar-refractivity contribution in [3.05, 3.63) is 28.2 Å². The molecular weight excluding hydrogens is 314 g/mol. The lowest BCUT2D eigenvalue weighted by molar-refractivity contribution is 0.0698. The Kier molecular flexibility index (Phi) is 6.31. The lowest BCUT2D eigenvalue weighted by atomic mass is 10.2. The molecule has 0 aliphatic rings. The molecule has 7 heteroatoms. The molecular formula is C12H16BrN3O3. The molecule has 4 N–H and O–H groups in total. The predicted molar refractivity (Wildman–Crippen MR) is 76.7 cm³/mol. The minimum atomic E-state index is -1.09. The van der Waals surface area contributed by atoms with Gasteiger partial charge in [-0.1, -0.05) is 15.9 Å². The van der Waals surface area contributed by atoms with Crippen LogP contribution in [0.3, 0.4) is 0 Å². The molecule has 19 heavy (non-hydrogen) atoms. The highest BCUT2D eigenvalue weighted by molar-refractivity contribution is 9.10. The van der Waals surface area contributed by atoms with Gasteiger partial charge in [-0.05, 0) is 38.2 Å². The minimum absolute atomic E-state index is 0.0414. The van der Waals surface area contributed by atoms with Gasteiger partial charge in [0.25, 0.3) is 0 Å². The van der Waals surface area contributed by atoms with E-state index < -0.39 is 12.0 Å². The summed E-state index contributed by atoms with van der Waals surface area (Å²) in [6.45, 7) is 1.32. The van der Waals surface area contributed by atoms with E-state index in [-0.39, 0.29) is 11.3 Å². The lowest BCUT2D eigenvalue weighted by Gasteiger charge is -2.10. The van der Waals surface area contributed by atoms with Crippen LogP contribution in [0.4, 0.5) is 10.5 Å². The van der Waals surface area contributed by atoms with Crippen LogP contribution in [-0.2, 0) is 0 Å². The highest BCUT2D eigenvalue weighted by Gasteiger charge is 2.12. The summed E-state index contributed by atoms with van der Waals surface area (Å²) in [4.78, 5) is 22.6. The fourth-order valence-electron chi connectivity index (χ4n) is 1.44. The predicted octanol–water partition coefficient (Wildman–Crippen LogP) is 1.88.